The highest BCUT2D eigenvalue weighted by Crippen LogP contribution is 2.17. The molecule has 0 spiro atoms. The van der Waals surface area contributed by atoms with Crippen molar-refractivity contribution in [1.29, 1.82) is 0 Å². The summed E-state index contributed by atoms with van der Waals surface area (Å²) in [7, 11) is 0. The van der Waals surface area contributed by atoms with Gasteiger partial charge in [0.05, 0.1) is 12.3 Å². The quantitative estimate of drug-likeness (QED) is 0.876. The normalized spacial score (nSPS) is 20.0. The maximum atomic E-state index is 13.5. The number of carbonyl (C=O) groups excluding carboxylic acids is 1. The van der Waals surface area contributed by atoms with Crippen molar-refractivity contribution in [1.82, 2.24) is 4.90 Å². The van der Waals surface area contributed by atoms with Gasteiger partial charge in [-0.3, -0.25) is 9.69 Å². The second-order valence-electron chi connectivity index (χ2n) is 5.50. The van der Waals surface area contributed by atoms with E-state index in [1.54, 1.807) is 18.2 Å². The summed E-state index contributed by atoms with van der Waals surface area (Å²) in [5.41, 5.74) is 0.220. The molecule has 1 aliphatic heterocycles. The third-order valence-corrected chi connectivity index (χ3v) is 3.98. The van der Waals surface area contributed by atoms with E-state index in [9.17, 15) is 14.3 Å². The Morgan fingerprint density at radius 2 is 2.14 bits per heavy atom. The molecule has 116 valence electrons. The summed E-state index contributed by atoms with van der Waals surface area (Å²) in [5, 5.41) is 12.0. The zero-order valence-electron chi connectivity index (χ0n) is 12.2. The molecule has 0 radical (unpaired) electrons. The van der Waals surface area contributed by atoms with E-state index in [2.05, 4.69) is 10.2 Å². The maximum Gasteiger partial charge on any atom is 0.225 e. The number of aliphatic hydroxyl groups excluding tert-OH is 1. The molecule has 2 rings (SSSR count). The van der Waals surface area contributed by atoms with E-state index in [0.29, 0.717) is 13.0 Å². The van der Waals surface area contributed by atoms with E-state index in [1.165, 1.54) is 12.5 Å². The smallest absolute Gasteiger partial charge is 0.225 e. The van der Waals surface area contributed by atoms with Crippen molar-refractivity contribution in [3.8, 4) is 0 Å². The second kappa shape index (κ2) is 8.10. The summed E-state index contributed by atoms with van der Waals surface area (Å²) in [4.78, 5) is 14.1. The minimum Gasteiger partial charge on any atom is -0.395 e. The van der Waals surface area contributed by atoms with E-state index in [-0.39, 0.29) is 24.2 Å². The highest BCUT2D eigenvalue weighted by molar-refractivity contribution is 5.90. The van der Waals surface area contributed by atoms with Gasteiger partial charge in [0.1, 0.15) is 5.82 Å². The number of hydrogen-bond acceptors (Lipinski definition) is 3. The van der Waals surface area contributed by atoms with Gasteiger partial charge in [-0.25, -0.2) is 4.39 Å². The first-order valence-corrected chi connectivity index (χ1v) is 7.60. The third-order valence-electron chi connectivity index (χ3n) is 3.98. The lowest BCUT2D eigenvalue weighted by Crippen LogP contribution is -2.39. The van der Waals surface area contributed by atoms with Crippen LogP contribution in [0.25, 0.3) is 0 Å². The number of rotatable bonds is 5. The van der Waals surface area contributed by atoms with Gasteiger partial charge in [0.2, 0.25) is 5.91 Å². The van der Waals surface area contributed by atoms with E-state index in [1.807, 2.05) is 0 Å². The Labute approximate surface area is 125 Å². The van der Waals surface area contributed by atoms with Crippen molar-refractivity contribution in [2.24, 2.45) is 0 Å². The Balaban J connectivity index is 1.84. The van der Waals surface area contributed by atoms with Crippen LogP contribution in [0.15, 0.2) is 24.3 Å². The summed E-state index contributed by atoms with van der Waals surface area (Å²) in [6.07, 6.45) is 4.69. The highest BCUT2D eigenvalue weighted by atomic mass is 19.1. The lowest BCUT2D eigenvalue weighted by molar-refractivity contribution is -0.116. The molecule has 1 atom stereocenters. The molecule has 1 aromatic carbocycles. The van der Waals surface area contributed by atoms with Crippen molar-refractivity contribution in [3.63, 3.8) is 0 Å². The first kappa shape index (κ1) is 15.9. The molecule has 1 saturated heterocycles. The van der Waals surface area contributed by atoms with Crippen LogP contribution < -0.4 is 5.32 Å². The van der Waals surface area contributed by atoms with Crippen LogP contribution in [0, 0.1) is 5.82 Å². The van der Waals surface area contributed by atoms with Crippen LogP contribution in [0.1, 0.15) is 32.1 Å². The maximum absolute atomic E-state index is 13.5. The van der Waals surface area contributed by atoms with E-state index in [0.717, 1.165) is 25.8 Å². The van der Waals surface area contributed by atoms with E-state index < -0.39 is 5.82 Å². The largest absolute Gasteiger partial charge is 0.395 e. The van der Waals surface area contributed by atoms with Crippen molar-refractivity contribution in [3.05, 3.63) is 30.1 Å². The molecule has 1 amide bonds. The first-order valence-electron chi connectivity index (χ1n) is 7.60. The Morgan fingerprint density at radius 3 is 2.90 bits per heavy atom. The number of nitrogens with one attached hydrogen (secondary N) is 1. The average molecular weight is 294 g/mol. The highest BCUT2D eigenvalue weighted by Gasteiger charge is 2.20. The van der Waals surface area contributed by atoms with Gasteiger partial charge < -0.3 is 10.4 Å². The predicted molar refractivity (Wildman–Crippen MR) is 80.6 cm³/mol. The molecule has 4 nitrogen and oxygen atoms in total. The minimum absolute atomic E-state index is 0.134. The summed E-state index contributed by atoms with van der Waals surface area (Å²) in [6.45, 7) is 1.65. The summed E-state index contributed by atoms with van der Waals surface area (Å²) in [6, 6.07) is 6.30. The van der Waals surface area contributed by atoms with Gasteiger partial charge >= 0.3 is 0 Å². The number of nitrogens with zero attached hydrogens (tertiary/aromatic N) is 1. The summed E-state index contributed by atoms with van der Waals surface area (Å²) in [5.74, 6) is -0.616. The number of halogens is 1. The van der Waals surface area contributed by atoms with Crippen molar-refractivity contribution in [2.45, 2.75) is 38.1 Å². The van der Waals surface area contributed by atoms with Crippen LogP contribution in [0.3, 0.4) is 0 Å². The van der Waals surface area contributed by atoms with Crippen LogP contribution in [-0.2, 0) is 4.79 Å². The van der Waals surface area contributed by atoms with Crippen LogP contribution in [0.2, 0.25) is 0 Å². The van der Waals surface area contributed by atoms with Gasteiger partial charge in [-0.15, -0.1) is 0 Å². The summed E-state index contributed by atoms with van der Waals surface area (Å²) >= 11 is 0. The summed E-state index contributed by atoms with van der Waals surface area (Å²) < 4.78 is 13.5. The van der Waals surface area contributed by atoms with Gasteiger partial charge in [0.15, 0.2) is 0 Å². The van der Waals surface area contributed by atoms with Crippen molar-refractivity contribution in [2.75, 3.05) is 25.0 Å². The number of aliphatic hydroxyl groups is 1. The number of carbonyl (C=O) groups is 1. The van der Waals surface area contributed by atoms with Gasteiger partial charge in [-0.05, 0) is 31.5 Å². The van der Waals surface area contributed by atoms with Gasteiger partial charge in [0.25, 0.3) is 0 Å². The van der Waals surface area contributed by atoms with Crippen LogP contribution in [0.4, 0.5) is 10.1 Å². The van der Waals surface area contributed by atoms with Crippen molar-refractivity contribution < 1.29 is 14.3 Å². The average Bonchev–Trinajstić information content (AvgIpc) is 2.72. The van der Waals surface area contributed by atoms with Gasteiger partial charge in [0, 0.05) is 19.0 Å². The van der Waals surface area contributed by atoms with Gasteiger partial charge in [-0.1, -0.05) is 25.0 Å². The monoisotopic (exact) mass is 294 g/mol. The fourth-order valence-corrected chi connectivity index (χ4v) is 2.76. The molecule has 1 aromatic rings. The molecule has 0 aromatic heterocycles. The molecule has 0 saturated carbocycles. The number of amides is 1. The molecule has 2 N–H and O–H groups in total. The first-order chi connectivity index (χ1) is 10.2. The van der Waals surface area contributed by atoms with Crippen LogP contribution >= 0.6 is 0 Å². The number of likely N-dealkylation sites (tertiary alicyclic amines) is 1. The Bertz CT molecular complexity index is 467. The molecular formula is C16H23FN2O2. The predicted octanol–water partition coefficient (Wildman–Crippen LogP) is 2.39. The molecule has 21 heavy (non-hydrogen) atoms. The van der Waals surface area contributed by atoms with E-state index >= 15 is 0 Å². The molecule has 1 fully saturated rings. The molecule has 5 heteroatoms. The Morgan fingerprint density at radius 1 is 1.33 bits per heavy atom. The van der Waals surface area contributed by atoms with Crippen LogP contribution in [-0.4, -0.2) is 41.7 Å². The number of benzene rings is 1. The SMILES string of the molecule is O=C(CCN1CCCCCC1CO)Nc1ccccc1F. The lowest BCUT2D eigenvalue weighted by atomic mass is 10.1. The lowest BCUT2D eigenvalue weighted by Gasteiger charge is -2.28. The number of hydrogen-bond donors (Lipinski definition) is 2. The standard InChI is InChI=1S/C16H23FN2O2/c17-14-7-3-4-8-15(14)18-16(21)9-11-19-10-5-1-2-6-13(19)12-20/h3-4,7-8,13,20H,1-2,5-6,9-12H2,(H,18,21). The van der Waals surface area contributed by atoms with E-state index in [4.69, 9.17) is 0 Å². The molecule has 0 bridgehead atoms. The fourth-order valence-electron chi connectivity index (χ4n) is 2.76. The molecule has 1 heterocycles. The topological polar surface area (TPSA) is 52.6 Å². The number of anilines is 1. The molecule has 1 unspecified atom stereocenters. The zero-order chi connectivity index (χ0) is 15.1. The molecule has 1 aliphatic rings. The zero-order valence-corrected chi connectivity index (χ0v) is 12.2. The Kier molecular flexibility index (Phi) is 6.14. The second-order valence-corrected chi connectivity index (χ2v) is 5.50. The van der Waals surface area contributed by atoms with Gasteiger partial charge in [-0.2, -0.15) is 0 Å². The number of para-hydroxylation sites is 1. The van der Waals surface area contributed by atoms with Crippen LogP contribution in [0.5, 0.6) is 0 Å². The fraction of sp³-hybridized carbons (Fsp3) is 0.562. The minimum atomic E-state index is -0.422. The third kappa shape index (κ3) is 4.79. The molecule has 0 aliphatic carbocycles. The Hall–Kier alpha value is -1.46. The van der Waals surface area contributed by atoms with Crippen molar-refractivity contribution >= 4 is 11.6 Å². The molecular weight excluding hydrogens is 271 g/mol.